The Morgan fingerprint density at radius 2 is 2.00 bits per heavy atom. The topological polar surface area (TPSA) is 60.2 Å². The molecule has 1 heterocycles. The molecular weight excluding hydrogens is 340 g/mol. The van der Waals surface area contributed by atoms with Gasteiger partial charge in [0.1, 0.15) is 18.4 Å². The molecule has 0 N–H and O–H groups in total. The molecule has 1 amide bonds. The molecule has 0 saturated carbocycles. The summed E-state index contributed by atoms with van der Waals surface area (Å²) in [5.74, 6) is 0.930. The van der Waals surface area contributed by atoms with Crippen LogP contribution in [0.5, 0.6) is 5.75 Å². The lowest BCUT2D eigenvalue weighted by Crippen LogP contribution is -2.29. The Bertz CT molecular complexity index is 875. The zero-order chi connectivity index (χ0) is 19.2. The van der Waals surface area contributed by atoms with Crippen LogP contribution in [0.4, 0.5) is 0 Å². The number of methoxy groups -OCH3 is 1. The Hall–Kier alpha value is -3.15. The highest BCUT2D eigenvalue weighted by molar-refractivity contribution is 5.76. The number of aryl methyl sites for hydroxylation is 1. The summed E-state index contributed by atoms with van der Waals surface area (Å²) in [7, 11) is 3.50. The van der Waals surface area contributed by atoms with Crippen molar-refractivity contribution in [1.82, 2.24) is 19.7 Å². The van der Waals surface area contributed by atoms with Crippen LogP contribution in [-0.2, 0) is 11.2 Å². The van der Waals surface area contributed by atoms with Crippen LogP contribution < -0.4 is 4.74 Å². The lowest BCUT2D eigenvalue weighted by molar-refractivity contribution is -0.131. The van der Waals surface area contributed by atoms with Gasteiger partial charge < -0.3 is 9.64 Å². The molecule has 1 aromatic heterocycles. The van der Waals surface area contributed by atoms with Gasteiger partial charge >= 0.3 is 0 Å². The molecule has 6 nitrogen and oxygen atoms in total. The van der Waals surface area contributed by atoms with E-state index in [-0.39, 0.29) is 11.9 Å². The molecule has 0 aliphatic rings. The fourth-order valence-electron chi connectivity index (χ4n) is 2.94. The van der Waals surface area contributed by atoms with Crippen LogP contribution >= 0.6 is 0 Å². The van der Waals surface area contributed by atoms with E-state index >= 15 is 0 Å². The lowest BCUT2D eigenvalue weighted by Gasteiger charge is -2.25. The molecule has 0 saturated heterocycles. The van der Waals surface area contributed by atoms with Crippen molar-refractivity contribution in [2.75, 3.05) is 14.2 Å². The molecule has 2 aromatic carbocycles. The number of carbonyl (C=O) groups is 1. The molecule has 0 bridgehead atoms. The number of aromatic nitrogens is 3. The standard InChI is InChI=1S/C21H24N4O2/c1-16(18-8-10-19(11-9-18)25-15-22-14-23-25)24(2)21(26)12-7-17-5-4-6-20(13-17)27-3/h4-6,8-11,13-16H,7,12H2,1-3H3. The number of amides is 1. The number of hydrogen-bond acceptors (Lipinski definition) is 4. The van der Waals surface area contributed by atoms with Gasteiger partial charge in [0.25, 0.3) is 0 Å². The molecule has 0 radical (unpaired) electrons. The molecule has 0 aliphatic heterocycles. The van der Waals surface area contributed by atoms with E-state index in [2.05, 4.69) is 10.1 Å². The summed E-state index contributed by atoms with van der Waals surface area (Å²) < 4.78 is 6.94. The zero-order valence-corrected chi connectivity index (χ0v) is 15.9. The van der Waals surface area contributed by atoms with Gasteiger partial charge in [0.15, 0.2) is 0 Å². The SMILES string of the molecule is COc1cccc(CCC(=O)N(C)C(C)c2ccc(-n3cncn3)cc2)c1. The summed E-state index contributed by atoms with van der Waals surface area (Å²) in [5, 5.41) is 4.12. The minimum Gasteiger partial charge on any atom is -0.497 e. The molecule has 6 heteroatoms. The van der Waals surface area contributed by atoms with Gasteiger partial charge in [0, 0.05) is 13.5 Å². The predicted octanol–water partition coefficient (Wildman–Crippen LogP) is 3.43. The quantitative estimate of drug-likeness (QED) is 0.644. The minimum absolute atomic E-state index is 0.00685. The van der Waals surface area contributed by atoms with Crippen LogP contribution in [0.15, 0.2) is 61.2 Å². The van der Waals surface area contributed by atoms with Crippen molar-refractivity contribution in [3.05, 3.63) is 72.3 Å². The van der Waals surface area contributed by atoms with Crippen LogP contribution in [-0.4, -0.2) is 39.7 Å². The molecule has 3 rings (SSSR count). The maximum atomic E-state index is 12.6. The second kappa shape index (κ2) is 8.49. The van der Waals surface area contributed by atoms with Crippen molar-refractivity contribution >= 4 is 5.91 Å². The first kappa shape index (κ1) is 18.6. The van der Waals surface area contributed by atoms with E-state index in [1.807, 2.05) is 62.5 Å². The summed E-state index contributed by atoms with van der Waals surface area (Å²) in [5.41, 5.74) is 3.12. The van der Waals surface area contributed by atoms with E-state index in [0.29, 0.717) is 12.8 Å². The van der Waals surface area contributed by atoms with Gasteiger partial charge in [-0.2, -0.15) is 5.10 Å². The van der Waals surface area contributed by atoms with Gasteiger partial charge in [0.05, 0.1) is 18.8 Å². The second-order valence-corrected chi connectivity index (χ2v) is 6.46. The van der Waals surface area contributed by atoms with Crippen LogP contribution in [0.2, 0.25) is 0 Å². The third kappa shape index (κ3) is 4.53. The molecule has 27 heavy (non-hydrogen) atoms. The summed E-state index contributed by atoms with van der Waals surface area (Å²) in [6, 6.07) is 15.8. The first-order chi connectivity index (χ1) is 13.1. The molecule has 1 unspecified atom stereocenters. The van der Waals surface area contributed by atoms with Crippen molar-refractivity contribution in [1.29, 1.82) is 0 Å². The Labute approximate surface area is 159 Å². The number of nitrogens with zero attached hydrogens (tertiary/aromatic N) is 4. The lowest BCUT2D eigenvalue weighted by atomic mass is 10.1. The average molecular weight is 364 g/mol. The van der Waals surface area contributed by atoms with E-state index in [9.17, 15) is 4.79 Å². The number of rotatable bonds is 7. The second-order valence-electron chi connectivity index (χ2n) is 6.46. The van der Waals surface area contributed by atoms with Crippen LogP contribution in [0, 0.1) is 0 Å². The van der Waals surface area contributed by atoms with Crippen LogP contribution in [0.3, 0.4) is 0 Å². The maximum Gasteiger partial charge on any atom is 0.223 e. The van der Waals surface area contributed by atoms with E-state index in [0.717, 1.165) is 22.6 Å². The zero-order valence-electron chi connectivity index (χ0n) is 15.9. The first-order valence-electron chi connectivity index (χ1n) is 8.92. The predicted molar refractivity (Wildman–Crippen MR) is 104 cm³/mol. The number of ether oxygens (including phenoxy) is 1. The minimum atomic E-state index is -0.00685. The van der Waals surface area contributed by atoms with Gasteiger partial charge in [-0.3, -0.25) is 4.79 Å². The van der Waals surface area contributed by atoms with Gasteiger partial charge in [-0.15, -0.1) is 0 Å². The molecule has 3 aromatic rings. The molecule has 0 spiro atoms. The molecule has 1 atom stereocenters. The summed E-state index contributed by atoms with van der Waals surface area (Å²) in [4.78, 5) is 18.4. The highest BCUT2D eigenvalue weighted by atomic mass is 16.5. The summed E-state index contributed by atoms with van der Waals surface area (Å²) >= 11 is 0. The van der Waals surface area contributed by atoms with Crippen LogP contribution in [0.25, 0.3) is 5.69 Å². The number of carbonyl (C=O) groups excluding carboxylic acids is 1. The Morgan fingerprint density at radius 3 is 2.67 bits per heavy atom. The Morgan fingerprint density at radius 1 is 1.22 bits per heavy atom. The van der Waals surface area contributed by atoms with E-state index in [4.69, 9.17) is 4.74 Å². The third-order valence-corrected chi connectivity index (χ3v) is 4.79. The Balaban J connectivity index is 1.60. The normalized spacial score (nSPS) is 11.8. The van der Waals surface area contributed by atoms with Crippen molar-refractivity contribution in [2.24, 2.45) is 0 Å². The third-order valence-electron chi connectivity index (χ3n) is 4.79. The summed E-state index contributed by atoms with van der Waals surface area (Å²) in [6.07, 6.45) is 4.32. The first-order valence-corrected chi connectivity index (χ1v) is 8.92. The van der Waals surface area contributed by atoms with E-state index in [1.165, 1.54) is 6.33 Å². The van der Waals surface area contributed by atoms with Crippen LogP contribution in [0.1, 0.15) is 30.5 Å². The molecule has 0 fully saturated rings. The van der Waals surface area contributed by atoms with Gasteiger partial charge in [-0.1, -0.05) is 24.3 Å². The summed E-state index contributed by atoms with van der Waals surface area (Å²) in [6.45, 7) is 2.04. The van der Waals surface area contributed by atoms with E-state index < -0.39 is 0 Å². The fourth-order valence-corrected chi connectivity index (χ4v) is 2.94. The highest BCUT2D eigenvalue weighted by Crippen LogP contribution is 2.22. The van der Waals surface area contributed by atoms with Crippen molar-refractivity contribution < 1.29 is 9.53 Å². The van der Waals surface area contributed by atoms with Crippen molar-refractivity contribution in [3.8, 4) is 11.4 Å². The number of hydrogen-bond donors (Lipinski definition) is 0. The monoisotopic (exact) mass is 364 g/mol. The molecule has 140 valence electrons. The Kier molecular flexibility index (Phi) is 5.86. The number of benzene rings is 2. The molecular formula is C21H24N4O2. The van der Waals surface area contributed by atoms with Crippen molar-refractivity contribution in [3.63, 3.8) is 0 Å². The van der Waals surface area contributed by atoms with Gasteiger partial charge in [0.2, 0.25) is 5.91 Å². The van der Waals surface area contributed by atoms with Gasteiger partial charge in [-0.05, 0) is 48.7 Å². The van der Waals surface area contributed by atoms with E-state index in [1.54, 1.807) is 23.0 Å². The van der Waals surface area contributed by atoms with Crippen molar-refractivity contribution in [2.45, 2.75) is 25.8 Å². The molecule has 0 aliphatic carbocycles. The maximum absolute atomic E-state index is 12.6. The average Bonchev–Trinajstić information content (AvgIpc) is 3.26. The smallest absolute Gasteiger partial charge is 0.223 e. The fraction of sp³-hybridized carbons (Fsp3) is 0.286. The highest BCUT2D eigenvalue weighted by Gasteiger charge is 2.17. The largest absolute Gasteiger partial charge is 0.497 e. The van der Waals surface area contributed by atoms with Gasteiger partial charge in [-0.25, -0.2) is 9.67 Å².